The minimum Gasteiger partial charge on any atom is -0.300 e. The van der Waals surface area contributed by atoms with Gasteiger partial charge in [-0.1, -0.05) is 30.3 Å². The third kappa shape index (κ3) is 2.20. The molecular formula is C13H18FN. The van der Waals surface area contributed by atoms with Gasteiger partial charge in [0, 0.05) is 25.0 Å². The summed E-state index contributed by atoms with van der Waals surface area (Å²) in [7, 11) is 0. The van der Waals surface area contributed by atoms with Gasteiger partial charge in [-0.05, 0) is 19.4 Å². The Morgan fingerprint density at radius 1 is 1.20 bits per heavy atom. The molecule has 82 valence electrons. The molecule has 2 heteroatoms. The molecule has 0 bridgehead atoms. The van der Waals surface area contributed by atoms with Gasteiger partial charge in [0.05, 0.1) is 0 Å². The molecule has 1 aromatic rings. The zero-order chi connectivity index (χ0) is 10.8. The van der Waals surface area contributed by atoms with Crippen molar-refractivity contribution in [1.82, 2.24) is 4.90 Å². The third-order valence-corrected chi connectivity index (χ3v) is 3.20. The maximum atomic E-state index is 14.0. The Labute approximate surface area is 90.9 Å². The maximum absolute atomic E-state index is 14.0. The lowest BCUT2D eigenvalue weighted by Crippen LogP contribution is -2.51. The SMILES string of the molecule is CC(C)N1CC(C(F)c2ccccc2)C1. The Kier molecular flexibility index (Phi) is 3.06. The van der Waals surface area contributed by atoms with Crippen LogP contribution in [0.5, 0.6) is 0 Å². The minimum absolute atomic E-state index is 0.190. The summed E-state index contributed by atoms with van der Waals surface area (Å²) in [4.78, 5) is 2.31. The predicted octanol–water partition coefficient (Wildman–Crippen LogP) is 3.04. The molecule has 1 aliphatic rings. The van der Waals surface area contributed by atoms with E-state index in [1.165, 1.54) is 0 Å². The topological polar surface area (TPSA) is 3.24 Å². The summed E-state index contributed by atoms with van der Waals surface area (Å²) in [5.74, 6) is 0.190. The highest BCUT2D eigenvalue weighted by molar-refractivity contribution is 5.19. The highest BCUT2D eigenvalue weighted by atomic mass is 19.1. The average molecular weight is 207 g/mol. The number of hydrogen-bond acceptors (Lipinski definition) is 1. The first-order valence-corrected chi connectivity index (χ1v) is 5.61. The summed E-state index contributed by atoms with van der Waals surface area (Å²) in [5, 5.41) is 0. The molecular weight excluding hydrogens is 189 g/mol. The van der Waals surface area contributed by atoms with Gasteiger partial charge in [-0.3, -0.25) is 0 Å². The van der Waals surface area contributed by atoms with Crippen molar-refractivity contribution in [1.29, 1.82) is 0 Å². The van der Waals surface area contributed by atoms with Gasteiger partial charge in [0.25, 0.3) is 0 Å². The predicted molar refractivity (Wildman–Crippen MR) is 60.5 cm³/mol. The second-order valence-corrected chi connectivity index (χ2v) is 4.62. The van der Waals surface area contributed by atoms with Gasteiger partial charge in [0.1, 0.15) is 6.17 Å². The van der Waals surface area contributed by atoms with Crippen molar-refractivity contribution in [3.63, 3.8) is 0 Å². The van der Waals surface area contributed by atoms with Crippen LogP contribution in [-0.4, -0.2) is 24.0 Å². The van der Waals surface area contributed by atoms with Crippen LogP contribution in [0.25, 0.3) is 0 Å². The van der Waals surface area contributed by atoms with Gasteiger partial charge in [0.2, 0.25) is 0 Å². The lowest BCUT2D eigenvalue weighted by Gasteiger charge is -2.43. The van der Waals surface area contributed by atoms with Crippen molar-refractivity contribution in [3.05, 3.63) is 35.9 Å². The van der Waals surface area contributed by atoms with Crippen molar-refractivity contribution >= 4 is 0 Å². The first-order chi connectivity index (χ1) is 7.18. The molecule has 0 radical (unpaired) electrons. The molecule has 0 spiro atoms. The highest BCUT2D eigenvalue weighted by Crippen LogP contribution is 2.33. The van der Waals surface area contributed by atoms with E-state index in [1.54, 1.807) is 0 Å². The van der Waals surface area contributed by atoms with Crippen molar-refractivity contribution in [2.24, 2.45) is 5.92 Å². The molecule has 1 atom stereocenters. The van der Waals surface area contributed by atoms with Crippen molar-refractivity contribution in [2.45, 2.75) is 26.1 Å². The van der Waals surface area contributed by atoms with Gasteiger partial charge in [0.15, 0.2) is 0 Å². The molecule has 0 N–H and O–H groups in total. The van der Waals surface area contributed by atoms with Crippen LogP contribution >= 0.6 is 0 Å². The summed E-state index contributed by atoms with van der Waals surface area (Å²) in [6.07, 6.45) is -0.791. The summed E-state index contributed by atoms with van der Waals surface area (Å²) in [5.41, 5.74) is 0.825. The van der Waals surface area contributed by atoms with Crippen LogP contribution in [0.15, 0.2) is 30.3 Å². The van der Waals surface area contributed by atoms with Gasteiger partial charge < -0.3 is 4.90 Å². The summed E-state index contributed by atoms with van der Waals surface area (Å²) >= 11 is 0. The van der Waals surface area contributed by atoms with E-state index >= 15 is 0 Å². The Morgan fingerprint density at radius 2 is 1.80 bits per heavy atom. The molecule has 0 aromatic heterocycles. The first kappa shape index (κ1) is 10.6. The lowest BCUT2D eigenvalue weighted by atomic mass is 9.89. The molecule has 0 amide bonds. The second kappa shape index (κ2) is 4.31. The van der Waals surface area contributed by atoms with E-state index < -0.39 is 6.17 Å². The number of benzene rings is 1. The number of halogens is 1. The second-order valence-electron chi connectivity index (χ2n) is 4.62. The fourth-order valence-electron chi connectivity index (χ4n) is 2.06. The average Bonchev–Trinajstić information content (AvgIpc) is 2.16. The van der Waals surface area contributed by atoms with E-state index in [0.717, 1.165) is 18.7 Å². The van der Waals surface area contributed by atoms with E-state index in [9.17, 15) is 4.39 Å². The Bertz CT molecular complexity index is 304. The summed E-state index contributed by atoms with van der Waals surface area (Å²) in [6, 6.07) is 10.0. The van der Waals surface area contributed by atoms with Crippen LogP contribution in [0.3, 0.4) is 0 Å². The zero-order valence-electron chi connectivity index (χ0n) is 9.36. The summed E-state index contributed by atoms with van der Waals surface area (Å²) in [6.45, 7) is 6.11. The molecule has 1 aliphatic heterocycles. The largest absolute Gasteiger partial charge is 0.300 e. The molecule has 15 heavy (non-hydrogen) atoms. The third-order valence-electron chi connectivity index (χ3n) is 3.20. The Hall–Kier alpha value is -0.890. The maximum Gasteiger partial charge on any atom is 0.130 e. The van der Waals surface area contributed by atoms with Crippen molar-refractivity contribution in [3.8, 4) is 0 Å². The zero-order valence-corrected chi connectivity index (χ0v) is 9.36. The van der Waals surface area contributed by atoms with Gasteiger partial charge >= 0.3 is 0 Å². The van der Waals surface area contributed by atoms with E-state index in [4.69, 9.17) is 0 Å². The molecule has 1 nitrogen and oxygen atoms in total. The van der Waals surface area contributed by atoms with E-state index in [1.807, 2.05) is 30.3 Å². The number of likely N-dealkylation sites (tertiary alicyclic amines) is 1. The molecule has 1 aromatic carbocycles. The van der Waals surface area contributed by atoms with Gasteiger partial charge in [-0.15, -0.1) is 0 Å². The molecule has 1 fully saturated rings. The van der Waals surface area contributed by atoms with E-state index in [0.29, 0.717) is 6.04 Å². The van der Waals surface area contributed by atoms with Crippen LogP contribution in [0.2, 0.25) is 0 Å². The minimum atomic E-state index is -0.791. The fourth-order valence-corrected chi connectivity index (χ4v) is 2.06. The Morgan fingerprint density at radius 3 is 2.33 bits per heavy atom. The van der Waals surface area contributed by atoms with Crippen LogP contribution in [-0.2, 0) is 0 Å². The number of rotatable bonds is 3. The Balaban J connectivity index is 1.92. The lowest BCUT2D eigenvalue weighted by molar-refractivity contribution is 0.0160. The molecule has 1 saturated heterocycles. The molecule has 1 unspecified atom stereocenters. The van der Waals surface area contributed by atoms with Gasteiger partial charge in [-0.2, -0.15) is 0 Å². The first-order valence-electron chi connectivity index (χ1n) is 5.61. The smallest absolute Gasteiger partial charge is 0.130 e. The molecule has 2 rings (SSSR count). The number of nitrogens with zero attached hydrogens (tertiary/aromatic N) is 1. The summed E-state index contributed by atoms with van der Waals surface area (Å²) < 4.78 is 14.0. The number of alkyl halides is 1. The van der Waals surface area contributed by atoms with E-state index in [-0.39, 0.29) is 5.92 Å². The van der Waals surface area contributed by atoms with Crippen LogP contribution in [0.4, 0.5) is 4.39 Å². The van der Waals surface area contributed by atoms with Crippen molar-refractivity contribution < 1.29 is 4.39 Å². The molecule has 0 aliphatic carbocycles. The van der Waals surface area contributed by atoms with E-state index in [2.05, 4.69) is 18.7 Å². The number of hydrogen-bond donors (Lipinski definition) is 0. The monoisotopic (exact) mass is 207 g/mol. The quantitative estimate of drug-likeness (QED) is 0.736. The normalized spacial score (nSPS) is 20.3. The van der Waals surface area contributed by atoms with Crippen molar-refractivity contribution in [2.75, 3.05) is 13.1 Å². The molecule has 0 saturated carbocycles. The fraction of sp³-hybridized carbons (Fsp3) is 0.538. The van der Waals surface area contributed by atoms with Crippen LogP contribution in [0, 0.1) is 5.92 Å². The van der Waals surface area contributed by atoms with Gasteiger partial charge in [-0.25, -0.2) is 4.39 Å². The molecule has 1 heterocycles. The standard InChI is InChI=1S/C13H18FN/c1-10(2)15-8-12(9-15)13(14)11-6-4-3-5-7-11/h3-7,10,12-13H,8-9H2,1-2H3. The highest BCUT2D eigenvalue weighted by Gasteiger charge is 2.35. The van der Waals surface area contributed by atoms with Crippen LogP contribution < -0.4 is 0 Å². The van der Waals surface area contributed by atoms with Crippen LogP contribution in [0.1, 0.15) is 25.6 Å².